The van der Waals surface area contributed by atoms with Crippen molar-refractivity contribution in [3.8, 4) is 0 Å². The van der Waals surface area contributed by atoms with Gasteiger partial charge in [0.1, 0.15) is 0 Å². The van der Waals surface area contributed by atoms with Crippen LogP contribution < -0.4 is 16.0 Å². The molecule has 0 radical (unpaired) electrons. The van der Waals surface area contributed by atoms with E-state index in [9.17, 15) is 9.59 Å². The Morgan fingerprint density at radius 3 is 2.62 bits per heavy atom. The lowest BCUT2D eigenvalue weighted by atomic mass is 10.1. The van der Waals surface area contributed by atoms with Crippen LogP contribution in [0.2, 0.25) is 0 Å². The zero-order valence-electron chi connectivity index (χ0n) is 11.9. The van der Waals surface area contributed by atoms with Gasteiger partial charge in [-0.1, -0.05) is 12.1 Å². The number of piperazine rings is 1. The van der Waals surface area contributed by atoms with Crippen LogP contribution in [0.3, 0.4) is 0 Å². The predicted octanol–water partition coefficient (Wildman–Crippen LogP) is -0.318. The number of nitrogens with one attached hydrogen (secondary N) is 1. The van der Waals surface area contributed by atoms with Crippen molar-refractivity contribution in [2.24, 2.45) is 5.73 Å². The van der Waals surface area contributed by atoms with Crippen LogP contribution in [-0.2, 0) is 16.1 Å². The molecule has 2 aliphatic rings. The Labute approximate surface area is 123 Å². The molecule has 2 aliphatic heterocycles. The van der Waals surface area contributed by atoms with Crippen molar-refractivity contribution in [2.45, 2.75) is 19.0 Å². The molecule has 2 saturated heterocycles. The SMILES string of the molecule is NC1CC(=O)N(c2ccc(CN3CCNC(=O)C3)cc2)C1. The van der Waals surface area contributed by atoms with Crippen molar-refractivity contribution in [3.05, 3.63) is 29.8 Å². The summed E-state index contributed by atoms with van der Waals surface area (Å²) in [6.45, 7) is 3.36. The zero-order valence-corrected chi connectivity index (χ0v) is 11.9. The van der Waals surface area contributed by atoms with Crippen LogP contribution in [0.25, 0.3) is 0 Å². The molecule has 1 aromatic rings. The molecule has 1 unspecified atom stereocenters. The van der Waals surface area contributed by atoms with Gasteiger partial charge in [-0.3, -0.25) is 14.5 Å². The molecule has 6 heteroatoms. The van der Waals surface area contributed by atoms with E-state index in [1.165, 1.54) is 0 Å². The lowest BCUT2D eigenvalue weighted by Gasteiger charge is -2.26. The Hall–Kier alpha value is -1.92. The monoisotopic (exact) mass is 288 g/mol. The average Bonchev–Trinajstić information content (AvgIpc) is 2.79. The predicted molar refractivity (Wildman–Crippen MR) is 79.7 cm³/mol. The Morgan fingerprint density at radius 2 is 2.00 bits per heavy atom. The van der Waals surface area contributed by atoms with Crippen molar-refractivity contribution in [1.82, 2.24) is 10.2 Å². The molecule has 2 heterocycles. The molecule has 112 valence electrons. The van der Waals surface area contributed by atoms with Crippen LogP contribution in [0.4, 0.5) is 5.69 Å². The minimum absolute atomic E-state index is 0.0657. The molecule has 0 aromatic heterocycles. The highest BCUT2D eigenvalue weighted by Crippen LogP contribution is 2.21. The largest absolute Gasteiger partial charge is 0.354 e. The van der Waals surface area contributed by atoms with Gasteiger partial charge in [0, 0.05) is 44.3 Å². The van der Waals surface area contributed by atoms with Gasteiger partial charge >= 0.3 is 0 Å². The second-order valence-electron chi connectivity index (χ2n) is 5.70. The summed E-state index contributed by atoms with van der Waals surface area (Å²) in [5, 5.41) is 2.82. The molecule has 2 fully saturated rings. The highest BCUT2D eigenvalue weighted by molar-refractivity contribution is 5.96. The lowest BCUT2D eigenvalue weighted by molar-refractivity contribution is -0.124. The van der Waals surface area contributed by atoms with Crippen LogP contribution in [0, 0.1) is 0 Å². The quantitative estimate of drug-likeness (QED) is 0.799. The van der Waals surface area contributed by atoms with E-state index in [2.05, 4.69) is 10.2 Å². The molecule has 6 nitrogen and oxygen atoms in total. The standard InChI is InChI=1S/C15H20N4O2/c16-12-7-15(21)19(9-12)13-3-1-11(2-4-13)8-18-6-5-17-14(20)10-18/h1-4,12H,5-10,16H2,(H,17,20). The molecule has 0 saturated carbocycles. The van der Waals surface area contributed by atoms with Crippen molar-refractivity contribution >= 4 is 17.5 Å². The zero-order chi connectivity index (χ0) is 14.8. The Morgan fingerprint density at radius 1 is 1.24 bits per heavy atom. The summed E-state index contributed by atoms with van der Waals surface area (Å²) in [4.78, 5) is 27.0. The normalized spacial score (nSPS) is 23.5. The van der Waals surface area contributed by atoms with E-state index in [0.717, 1.165) is 24.3 Å². The van der Waals surface area contributed by atoms with Crippen LogP contribution >= 0.6 is 0 Å². The fourth-order valence-corrected chi connectivity index (χ4v) is 2.85. The number of carbonyl (C=O) groups is 2. The Kier molecular flexibility index (Phi) is 3.90. The van der Waals surface area contributed by atoms with Gasteiger partial charge in [-0.05, 0) is 17.7 Å². The third-order valence-electron chi connectivity index (χ3n) is 3.93. The highest BCUT2D eigenvalue weighted by Gasteiger charge is 2.27. The third kappa shape index (κ3) is 3.22. The minimum Gasteiger partial charge on any atom is -0.354 e. The smallest absolute Gasteiger partial charge is 0.234 e. The van der Waals surface area contributed by atoms with Crippen molar-refractivity contribution < 1.29 is 9.59 Å². The van der Waals surface area contributed by atoms with Gasteiger partial charge in [0.25, 0.3) is 0 Å². The molecular formula is C15H20N4O2. The van der Waals surface area contributed by atoms with Crippen LogP contribution in [0.1, 0.15) is 12.0 Å². The summed E-state index contributed by atoms with van der Waals surface area (Å²) in [7, 11) is 0. The fraction of sp³-hybridized carbons (Fsp3) is 0.467. The highest BCUT2D eigenvalue weighted by atomic mass is 16.2. The maximum Gasteiger partial charge on any atom is 0.234 e. The Balaban J connectivity index is 1.64. The summed E-state index contributed by atoms with van der Waals surface area (Å²) in [5.41, 5.74) is 7.85. The summed E-state index contributed by atoms with van der Waals surface area (Å²) >= 11 is 0. The first-order chi connectivity index (χ1) is 10.1. The van der Waals surface area contributed by atoms with Gasteiger partial charge in [0.2, 0.25) is 11.8 Å². The number of hydrogen-bond donors (Lipinski definition) is 2. The van der Waals surface area contributed by atoms with Crippen molar-refractivity contribution in [3.63, 3.8) is 0 Å². The molecular weight excluding hydrogens is 268 g/mol. The number of nitrogens with two attached hydrogens (primary N) is 1. The maximum absolute atomic E-state index is 11.8. The second-order valence-corrected chi connectivity index (χ2v) is 5.70. The number of hydrogen-bond acceptors (Lipinski definition) is 4. The van der Waals surface area contributed by atoms with E-state index >= 15 is 0 Å². The van der Waals surface area contributed by atoms with Gasteiger partial charge in [0.15, 0.2) is 0 Å². The van der Waals surface area contributed by atoms with E-state index in [-0.39, 0.29) is 17.9 Å². The van der Waals surface area contributed by atoms with Gasteiger partial charge in [-0.15, -0.1) is 0 Å². The molecule has 2 amide bonds. The number of rotatable bonds is 3. The molecule has 3 rings (SSSR count). The molecule has 3 N–H and O–H groups in total. The van der Waals surface area contributed by atoms with Crippen molar-refractivity contribution in [1.29, 1.82) is 0 Å². The van der Waals surface area contributed by atoms with Crippen molar-refractivity contribution in [2.75, 3.05) is 31.1 Å². The number of nitrogens with zero attached hydrogens (tertiary/aromatic N) is 2. The summed E-state index contributed by atoms with van der Waals surface area (Å²) < 4.78 is 0. The molecule has 0 spiro atoms. The molecule has 21 heavy (non-hydrogen) atoms. The van der Waals surface area contributed by atoms with E-state index in [4.69, 9.17) is 5.73 Å². The van der Waals surface area contributed by atoms with E-state index in [1.54, 1.807) is 4.90 Å². The van der Waals surface area contributed by atoms with Gasteiger partial charge in [-0.25, -0.2) is 0 Å². The molecule has 1 aromatic carbocycles. The molecule has 0 bridgehead atoms. The van der Waals surface area contributed by atoms with E-state index in [1.807, 2.05) is 24.3 Å². The first kappa shape index (κ1) is 14.0. The van der Waals surface area contributed by atoms with Gasteiger partial charge in [0.05, 0.1) is 6.54 Å². The summed E-state index contributed by atoms with van der Waals surface area (Å²) in [6.07, 6.45) is 0.421. The molecule has 1 atom stereocenters. The van der Waals surface area contributed by atoms with Crippen LogP contribution in [-0.4, -0.2) is 48.9 Å². The number of benzene rings is 1. The third-order valence-corrected chi connectivity index (χ3v) is 3.93. The summed E-state index contributed by atoms with van der Waals surface area (Å²) in [5.74, 6) is 0.164. The van der Waals surface area contributed by atoms with Crippen LogP contribution in [0.5, 0.6) is 0 Å². The van der Waals surface area contributed by atoms with E-state index < -0.39 is 0 Å². The number of amides is 2. The Bertz CT molecular complexity index is 543. The molecule has 0 aliphatic carbocycles. The van der Waals surface area contributed by atoms with E-state index in [0.29, 0.717) is 26.1 Å². The average molecular weight is 288 g/mol. The minimum atomic E-state index is -0.0657. The van der Waals surface area contributed by atoms with Gasteiger partial charge < -0.3 is 16.0 Å². The lowest BCUT2D eigenvalue weighted by Crippen LogP contribution is -2.47. The topological polar surface area (TPSA) is 78.7 Å². The summed E-state index contributed by atoms with van der Waals surface area (Å²) in [6, 6.07) is 7.87. The van der Waals surface area contributed by atoms with Crippen LogP contribution in [0.15, 0.2) is 24.3 Å². The number of carbonyl (C=O) groups excluding carboxylic acids is 2. The first-order valence-corrected chi connectivity index (χ1v) is 7.26. The second kappa shape index (κ2) is 5.83. The first-order valence-electron chi connectivity index (χ1n) is 7.26. The number of anilines is 1. The van der Waals surface area contributed by atoms with Gasteiger partial charge in [-0.2, -0.15) is 0 Å². The fourth-order valence-electron chi connectivity index (χ4n) is 2.85. The maximum atomic E-state index is 11.8.